The van der Waals surface area contributed by atoms with Crippen LogP contribution in [0.5, 0.6) is 0 Å². The molecule has 1 aromatic carbocycles. The van der Waals surface area contributed by atoms with Crippen molar-refractivity contribution in [3.05, 3.63) is 54.7 Å². The molecule has 2 aromatic heterocycles. The number of hydrogen-bond donors (Lipinski definition) is 3. The fourth-order valence-electron chi connectivity index (χ4n) is 2.22. The number of benzene rings is 1. The molecular formula is C19H20N6S. The van der Waals surface area contributed by atoms with Crippen LogP contribution in [-0.2, 0) is 0 Å². The minimum absolute atomic E-state index is 0.115. The van der Waals surface area contributed by atoms with Crippen LogP contribution in [-0.4, -0.2) is 20.2 Å². The molecule has 7 heteroatoms. The Hall–Kier alpha value is -2.93. The van der Waals surface area contributed by atoms with Crippen molar-refractivity contribution in [2.45, 2.75) is 13.8 Å². The summed E-state index contributed by atoms with van der Waals surface area (Å²) in [7, 11) is 0. The van der Waals surface area contributed by atoms with E-state index in [0.29, 0.717) is 21.5 Å². The van der Waals surface area contributed by atoms with Gasteiger partial charge in [0.05, 0.1) is 16.2 Å². The number of nitrogens with one attached hydrogen (secondary N) is 2. The highest BCUT2D eigenvalue weighted by Gasteiger charge is 2.08. The third-order valence-electron chi connectivity index (χ3n) is 3.59. The van der Waals surface area contributed by atoms with Crippen molar-refractivity contribution >= 4 is 50.2 Å². The lowest BCUT2D eigenvalue weighted by molar-refractivity contribution is 0.895. The molecule has 0 amide bonds. The maximum atomic E-state index is 7.89. The molecule has 0 atom stereocenters. The van der Waals surface area contributed by atoms with Crippen LogP contribution in [0.15, 0.2) is 59.7 Å². The molecule has 0 unspecified atom stereocenters. The number of pyridine rings is 2. The number of hydrogen-bond acceptors (Lipinski definition) is 6. The zero-order valence-electron chi connectivity index (χ0n) is 14.6. The van der Waals surface area contributed by atoms with Gasteiger partial charge in [0.2, 0.25) is 0 Å². The lowest BCUT2D eigenvalue weighted by atomic mass is 10.2. The van der Waals surface area contributed by atoms with Gasteiger partial charge in [-0.05, 0) is 42.1 Å². The van der Waals surface area contributed by atoms with Gasteiger partial charge < -0.3 is 11.1 Å². The van der Waals surface area contributed by atoms with Crippen LogP contribution >= 0.6 is 11.8 Å². The number of amidine groups is 1. The summed E-state index contributed by atoms with van der Waals surface area (Å²) in [5.41, 5.74) is 9.25. The zero-order valence-corrected chi connectivity index (χ0v) is 15.4. The van der Waals surface area contributed by atoms with Gasteiger partial charge in [0.15, 0.2) is 11.0 Å². The molecule has 0 bridgehead atoms. The van der Waals surface area contributed by atoms with Crippen LogP contribution in [0.25, 0.3) is 11.0 Å². The molecule has 0 saturated heterocycles. The summed E-state index contributed by atoms with van der Waals surface area (Å²) >= 11 is 1.15. The van der Waals surface area contributed by atoms with Crippen molar-refractivity contribution in [1.29, 1.82) is 5.41 Å². The molecule has 4 N–H and O–H groups in total. The highest BCUT2D eigenvalue weighted by Crippen LogP contribution is 2.26. The molecule has 3 aromatic rings. The number of nitrogens with zero attached hydrogens (tertiary/aromatic N) is 3. The lowest BCUT2D eigenvalue weighted by Gasteiger charge is -2.09. The predicted octanol–water partition coefficient (Wildman–Crippen LogP) is 4.69. The van der Waals surface area contributed by atoms with Gasteiger partial charge in [-0.15, -0.1) is 0 Å². The van der Waals surface area contributed by atoms with E-state index in [1.807, 2.05) is 56.3 Å². The SMILES string of the molecule is CC(C)C(=N)SC(N)=Nc1ccc2nccc(Nc3ccccc3)c2n1. The van der Waals surface area contributed by atoms with E-state index in [1.165, 1.54) is 0 Å². The number of fused-ring (bicyclic) bond motifs is 1. The molecule has 0 aliphatic rings. The molecule has 6 nitrogen and oxygen atoms in total. The summed E-state index contributed by atoms with van der Waals surface area (Å²) in [6, 6.07) is 15.4. The maximum Gasteiger partial charge on any atom is 0.166 e. The Labute approximate surface area is 156 Å². The third-order valence-corrected chi connectivity index (χ3v) is 4.58. The van der Waals surface area contributed by atoms with Gasteiger partial charge in [0.25, 0.3) is 0 Å². The van der Waals surface area contributed by atoms with Crippen LogP contribution in [0.2, 0.25) is 0 Å². The van der Waals surface area contributed by atoms with Crippen LogP contribution in [0.1, 0.15) is 13.8 Å². The molecule has 0 radical (unpaired) electrons. The average Bonchev–Trinajstić information content (AvgIpc) is 2.63. The van der Waals surface area contributed by atoms with Crippen LogP contribution in [0.4, 0.5) is 17.2 Å². The molecule has 0 saturated carbocycles. The van der Waals surface area contributed by atoms with Gasteiger partial charge in [-0.1, -0.05) is 32.0 Å². The average molecular weight is 364 g/mol. The summed E-state index contributed by atoms with van der Waals surface area (Å²) in [5.74, 6) is 0.604. The second kappa shape index (κ2) is 7.97. The monoisotopic (exact) mass is 364 g/mol. The Bertz CT molecular complexity index is 953. The van der Waals surface area contributed by atoms with E-state index < -0.39 is 0 Å². The number of aliphatic imine (C=N–C) groups is 1. The van der Waals surface area contributed by atoms with E-state index in [9.17, 15) is 0 Å². The second-order valence-electron chi connectivity index (χ2n) is 5.96. The number of para-hydroxylation sites is 1. The maximum absolute atomic E-state index is 7.89. The zero-order chi connectivity index (χ0) is 18.5. The first-order chi connectivity index (χ1) is 12.5. The van der Waals surface area contributed by atoms with E-state index in [2.05, 4.69) is 20.3 Å². The summed E-state index contributed by atoms with van der Waals surface area (Å²) < 4.78 is 0. The fourth-order valence-corrected chi connectivity index (χ4v) is 2.82. The molecule has 26 heavy (non-hydrogen) atoms. The molecule has 2 heterocycles. The predicted molar refractivity (Wildman–Crippen MR) is 111 cm³/mol. The van der Waals surface area contributed by atoms with Crippen molar-refractivity contribution < 1.29 is 0 Å². The smallest absolute Gasteiger partial charge is 0.166 e. The molecule has 0 aliphatic carbocycles. The van der Waals surface area contributed by atoms with Gasteiger partial charge in [-0.3, -0.25) is 10.4 Å². The molecule has 0 aliphatic heterocycles. The number of nitrogens with two attached hydrogens (primary N) is 1. The normalized spacial score (nSPS) is 11.7. The minimum Gasteiger partial charge on any atom is -0.378 e. The van der Waals surface area contributed by atoms with Gasteiger partial charge in [0, 0.05) is 17.8 Å². The van der Waals surface area contributed by atoms with Gasteiger partial charge in [0.1, 0.15) is 5.52 Å². The first-order valence-electron chi connectivity index (χ1n) is 8.21. The molecule has 0 fully saturated rings. The third kappa shape index (κ3) is 4.37. The summed E-state index contributed by atoms with van der Waals surface area (Å²) in [4.78, 5) is 13.3. The number of rotatable bonds is 4. The van der Waals surface area contributed by atoms with Crippen molar-refractivity contribution in [3.8, 4) is 0 Å². The van der Waals surface area contributed by atoms with Gasteiger partial charge in [-0.2, -0.15) is 0 Å². The van der Waals surface area contributed by atoms with E-state index in [-0.39, 0.29) is 5.92 Å². The first-order valence-corrected chi connectivity index (χ1v) is 9.03. The van der Waals surface area contributed by atoms with Crippen LogP contribution < -0.4 is 11.1 Å². The highest BCUT2D eigenvalue weighted by molar-refractivity contribution is 8.26. The minimum atomic E-state index is 0.115. The molecule has 132 valence electrons. The van der Waals surface area contributed by atoms with Gasteiger partial charge >= 0.3 is 0 Å². The van der Waals surface area contributed by atoms with Crippen LogP contribution in [0, 0.1) is 11.3 Å². The first kappa shape index (κ1) is 17.9. The van der Waals surface area contributed by atoms with Crippen LogP contribution in [0.3, 0.4) is 0 Å². The Morgan fingerprint density at radius 3 is 2.65 bits per heavy atom. The largest absolute Gasteiger partial charge is 0.378 e. The van der Waals surface area contributed by atoms with Crippen molar-refractivity contribution in [3.63, 3.8) is 0 Å². The Morgan fingerprint density at radius 2 is 1.92 bits per heavy atom. The van der Waals surface area contributed by atoms with E-state index >= 15 is 0 Å². The Balaban J connectivity index is 1.92. The lowest BCUT2D eigenvalue weighted by Crippen LogP contribution is -2.12. The number of thioether (sulfide) groups is 1. The standard InChI is InChI=1S/C19H20N6S/c1-12(2)18(20)26-19(21)25-16-9-8-14-17(24-16)15(10-11-22-14)23-13-6-4-3-5-7-13/h3-12,20H,1-2H3,(H,22,23)(H2,21,24,25). The topological polar surface area (TPSA) is 100 Å². The number of anilines is 2. The van der Waals surface area contributed by atoms with Crippen molar-refractivity contribution in [2.24, 2.45) is 16.6 Å². The fraction of sp³-hybridized carbons (Fsp3) is 0.158. The van der Waals surface area contributed by atoms with Crippen molar-refractivity contribution in [1.82, 2.24) is 9.97 Å². The highest BCUT2D eigenvalue weighted by atomic mass is 32.2. The van der Waals surface area contributed by atoms with E-state index in [4.69, 9.17) is 11.1 Å². The van der Waals surface area contributed by atoms with Crippen molar-refractivity contribution in [2.75, 3.05) is 5.32 Å². The van der Waals surface area contributed by atoms with Gasteiger partial charge in [-0.25, -0.2) is 9.98 Å². The number of aromatic nitrogens is 2. The Morgan fingerprint density at radius 1 is 1.15 bits per heavy atom. The second-order valence-corrected chi connectivity index (χ2v) is 7.02. The summed E-state index contributed by atoms with van der Waals surface area (Å²) in [5, 5.41) is 12.0. The Kier molecular flexibility index (Phi) is 5.48. The quantitative estimate of drug-likeness (QED) is 0.461. The molecular weight excluding hydrogens is 344 g/mol. The van der Waals surface area contributed by atoms with E-state index in [1.54, 1.807) is 12.3 Å². The summed E-state index contributed by atoms with van der Waals surface area (Å²) in [6.07, 6.45) is 1.74. The van der Waals surface area contributed by atoms with E-state index in [0.717, 1.165) is 28.7 Å². The molecule has 3 rings (SSSR count). The summed E-state index contributed by atoms with van der Waals surface area (Å²) in [6.45, 7) is 3.90. The molecule has 0 spiro atoms.